The number of carbonyl (C=O) groups is 2. The van der Waals surface area contributed by atoms with Crippen LogP contribution in [0.1, 0.15) is 5.56 Å². The van der Waals surface area contributed by atoms with E-state index in [0.717, 1.165) is 5.56 Å². The molecule has 4 N–H and O–H groups in total. The number of hydrogen-bond donors (Lipinski definition) is 3. The number of pyridine rings is 1. The lowest BCUT2D eigenvalue weighted by atomic mass is 10.2. The SMILES string of the molecule is Cc1ccncc1NC(=O)C(=O)NCC(N)=S. The van der Waals surface area contributed by atoms with Gasteiger partial charge in [-0.15, -0.1) is 0 Å². The third kappa shape index (κ3) is 4.15. The number of rotatable bonds is 3. The lowest BCUT2D eigenvalue weighted by Crippen LogP contribution is -2.39. The molecule has 1 aromatic heterocycles. The zero-order chi connectivity index (χ0) is 12.8. The fourth-order valence-corrected chi connectivity index (χ4v) is 1.09. The van der Waals surface area contributed by atoms with Crippen molar-refractivity contribution < 1.29 is 9.59 Å². The third-order valence-electron chi connectivity index (χ3n) is 1.92. The predicted octanol–water partition coefficient (Wildman–Crippen LogP) is -0.269. The number of carbonyl (C=O) groups excluding carboxylic acids is 2. The molecule has 0 aliphatic heterocycles. The summed E-state index contributed by atoms with van der Waals surface area (Å²) in [6.07, 6.45) is 3.06. The minimum atomic E-state index is -0.791. The van der Waals surface area contributed by atoms with Gasteiger partial charge in [0.15, 0.2) is 0 Å². The number of aryl methyl sites for hydroxylation is 1. The van der Waals surface area contributed by atoms with Crippen molar-refractivity contribution in [1.82, 2.24) is 10.3 Å². The maximum Gasteiger partial charge on any atom is 0.313 e. The fraction of sp³-hybridized carbons (Fsp3) is 0.200. The van der Waals surface area contributed by atoms with E-state index in [0.29, 0.717) is 5.69 Å². The topological polar surface area (TPSA) is 97.1 Å². The van der Waals surface area contributed by atoms with Crippen molar-refractivity contribution in [1.29, 1.82) is 0 Å². The Hall–Kier alpha value is -2.02. The number of hydrogen-bond acceptors (Lipinski definition) is 4. The first-order valence-electron chi connectivity index (χ1n) is 4.79. The second-order valence-corrected chi connectivity index (χ2v) is 3.82. The number of nitrogens with two attached hydrogens (primary N) is 1. The molecular weight excluding hydrogens is 240 g/mol. The molecule has 2 amide bonds. The molecule has 1 rings (SSSR count). The molecule has 0 aliphatic carbocycles. The number of nitrogens with zero attached hydrogens (tertiary/aromatic N) is 1. The van der Waals surface area contributed by atoms with Crippen LogP contribution in [0.25, 0.3) is 0 Å². The van der Waals surface area contributed by atoms with E-state index in [1.165, 1.54) is 6.20 Å². The summed E-state index contributed by atoms with van der Waals surface area (Å²) >= 11 is 4.57. The summed E-state index contributed by atoms with van der Waals surface area (Å²) < 4.78 is 0. The molecule has 17 heavy (non-hydrogen) atoms. The van der Waals surface area contributed by atoms with E-state index < -0.39 is 11.8 Å². The standard InChI is InChI=1S/C10H12N4O2S/c1-6-2-3-12-4-7(6)14-10(16)9(15)13-5-8(11)17/h2-4H,5H2,1H3,(H2,11,17)(H,13,15)(H,14,16). The molecule has 0 fully saturated rings. The average molecular weight is 252 g/mol. The van der Waals surface area contributed by atoms with Crippen LogP contribution in [0.4, 0.5) is 5.69 Å². The van der Waals surface area contributed by atoms with Crippen molar-refractivity contribution in [3.63, 3.8) is 0 Å². The Kier molecular flexibility index (Phi) is 4.53. The highest BCUT2D eigenvalue weighted by Gasteiger charge is 2.14. The first kappa shape index (κ1) is 13.0. The molecule has 0 saturated heterocycles. The van der Waals surface area contributed by atoms with Gasteiger partial charge in [-0.05, 0) is 18.6 Å². The molecule has 0 aromatic carbocycles. The van der Waals surface area contributed by atoms with Crippen LogP contribution in [0.5, 0.6) is 0 Å². The van der Waals surface area contributed by atoms with Crippen LogP contribution in [-0.2, 0) is 9.59 Å². The van der Waals surface area contributed by atoms with Gasteiger partial charge in [0.1, 0.15) is 0 Å². The molecule has 1 aromatic rings. The van der Waals surface area contributed by atoms with Gasteiger partial charge in [0, 0.05) is 6.20 Å². The highest BCUT2D eigenvalue weighted by Crippen LogP contribution is 2.10. The smallest absolute Gasteiger partial charge is 0.313 e. The first-order chi connectivity index (χ1) is 8.00. The molecule has 7 heteroatoms. The van der Waals surface area contributed by atoms with Gasteiger partial charge in [-0.2, -0.15) is 0 Å². The van der Waals surface area contributed by atoms with Crippen molar-refractivity contribution in [2.24, 2.45) is 5.73 Å². The van der Waals surface area contributed by atoms with Gasteiger partial charge in [0.25, 0.3) is 0 Å². The number of thiocarbonyl (C=S) groups is 1. The number of anilines is 1. The van der Waals surface area contributed by atoms with E-state index in [4.69, 9.17) is 5.73 Å². The van der Waals surface area contributed by atoms with Crippen molar-refractivity contribution in [2.75, 3.05) is 11.9 Å². The van der Waals surface area contributed by atoms with Crippen molar-refractivity contribution in [3.05, 3.63) is 24.0 Å². The van der Waals surface area contributed by atoms with E-state index in [2.05, 4.69) is 27.8 Å². The van der Waals surface area contributed by atoms with E-state index in [1.807, 2.05) is 0 Å². The summed E-state index contributed by atoms with van der Waals surface area (Å²) in [5, 5.41) is 4.72. The summed E-state index contributed by atoms with van der Waals surface area (Å²) in [6.45, 7) is 1.79. The Morgan fingerprint density at radius 3 is 2.76 bits per heavy atom. The Balaban J connectivity index is 2.58. The van der Waals surface area contributed by atoms with E-state index in [1.54, 1.807) is 19.2 Å². The minimum absolute atomic E-state index is 0.00634. The number of aromatic nitrogens is 1. The summed E-state index contributed by atoms with van der Waals surface area (Å²) in [5.41, 5.74) is 6.50. The molecular formula is C10H12N4O2S. The van der Waals surface area contributed by atoms with Gasteiger partial charge in [-0.3, -0.25) is 14.6 Å². The molecule has 0 bridgehead atoms. The fourth-order valence-electron chi connectivity index (χ4n) is 1.02. The van der Waals surface area contributed by atoms with Gasteiger partial charge in [0.2, 0.25) is 0 Å². The van der Waals surface area contributed by atoms with Crippen LogP contribution in [0.3, 0.4) is 0 Å². The molecule has 0 spiro atoms. The number of nitrogens with one attached hydrogen (secondary N) is 2. The highest BCUT2D eigenvalue weighted by molar-refractivity contribution is 7.80. The van der Waals surface area contributed by atoms with Crippen molar-refractivity contribution in [3.8, 4) is 0 Å². The molecule has 6 nitrogen and oxygen atoms in total. The lowest BCUT2D eigenvalue weighted by Gasteiger charge is -2.07. The molecule has 0 radical (unpaired) electrons. The van der Waals surface area contributed by atoms with Gasteiger partial charge < -0.3 is 16.4 Å². The van der Waals surface area contributed by atoms with Crippen LogP contribution < -0.4 is 16.4 Å². The Labute approximate surface area is 104 Å². The lowest BCUT2D eigenvalue weighted by molar-refractivity contribution is -0.135. The van der Waals surface area contributed by atoms with Crippen LogP contribution in [0.2, 0.25) is 0 Å². The highest BCUT2D eigenvalue weighted by atomic mass is 32.1. The van der Waals surface area contributed by atoms with Gasteiger partial charge in [-0.25, -0.2) is 0 Å². The maximum absolute atomic E-state index is 11.4. The Bertz CT molecular complexity index is 461. The summed E-state index contributed by atoms with van der Waals surface area (Å²) in [4.78, 5) is 26.7. The Morgan fingerprint density at radius 2 is 2.18 bits per heavy atom. The van der Waals surface area contributed by atoms with E-state index >= 15 is 0 Å². The maximum atomic E-state index is 11.4. The van der Waals surface area contributed by atoms with Crippen LogP contribution in [-0.4, -0.2) is 28.3 Å². The summed E-state index contributed by atoms with van der Waals surface area (Å²) in [7, 11) is 0. The zero-order valence-electron chi connectivity index (χ0n) is 9.19. The number of amides is 2. The van der Waals surface area contributed by atoms with Crippen molar-refractivity contribution in [2.45, 2.75) is 6.92 Å². The largest absolute Gasteiger partial charge is 0.392 e. The molecule has 0 atom stereocenters. The van der Waals surface area contributed by atoms with Gasteiger partial charge in [-0.1, -0.05) is 12.2 Å². The summed E-state index contributed by atoms with van der Waals surface area (Å²) in [6, 6.07) is 1.72. The summed E-state index contributed by atoms with van der Waals surface area (Å²) in [5.74, 6) is -1.57. The molecule has 90 valence electrons. The van der Waals surface area contributed by atoms with E-state index in [-0.39, 0.29) is 11.5 Å². The monoisotopic (exact) mass is 252 g/mol. The van der Waals surface area contributed by atoms with Gasteiger partial charge in [0.05, 0.1) is 23.4 Å². The Morgan fingerprint density at radius 1 is 1.47 bits per heavy atom. The molecule has 0 aliphatic rings. The third-order valence-corrected chi connectivity index (χ3v) is 2.06. The van der Waals surface area contributed by atoms with Crippen LogP contribution >= 0.6 is 12.2 Å². The van der Waals surface area contributed by atoms with E-state index in [9.17, 15) is 9.59 Å². The molecule has 0 saturated carbocycles. The molecule has 0 unspecified atom stereocenters. The second kappa shape index (κ2) is 5.90. The molecule has 1 heterocycles. The second-order valence-electron chi connectivity index (χ2n) is 3.29. The average Bonchev–Trinajstić information content (AvgIpc) is 2.28. The minimum Gasteiger partial charge on any atom is -0.392 e. The van der Waals surface area contributed by atoms with Gasteiger partial charge >= 0.3 is 11.8 Å². The first-order valence-corrected chi connectivity index (χ1v) is 5.19. The predicted molar refractivity (Wildman–Crippen MR) is 67.4 cm³/mol. The van der Waals surface area contributed by atoms with Crippen LogP contribution in [0, 0.1) is 6.92 Å². The normalized spacial score (nSPS) is 9.47. The quantitative estimate of drug-likeness (QED) is 0.508. The zero-order valence-corrected chi connectivity index (χ0v) is 10.0. The van der Waals surface area contributed by atoms with Crippen LogP contribution in [0.15, 0.2) is 18.5 Å². The van der Waals surface area contributed by atoms with Crippen molar-refractivity contribution >= 4 is 34.7 Å².